The summed E-state index contributed by atoms with van der Waals surface area (Å²) in [6.07, 6.45) is 1.10. The van der Waals surface area contributed by atoms with Crippen molar-refractivity contribution in [3.05, 3.63) is 60.2 Å². The summed E-state index contributed by atoms with van der Waals surface area (Å²) in [6, 6.07) is 17.0. The Labute approximate surface area is 172 Å². The van der Waals surface area contributed by atoms with E-state index in [9.17, 15) is 13.2 Å². The number of carbonyl (C=O) groups excluding carboxylic acids is 1. The monoisotopic (exact) mass is 417 g/mol. The number of para-hydroxylation sites is 2. The number of benzene rings is 2. The van der Waals surface area contributed by atoms with Crippen molar-refractivity contribution < 1.29 is 17.9 Å². The Hall–Kier alpha value is -2.58. The van der Waals surface area contributed by atoms with Gasteiger partial charge >= 0.3 is 0 Å². The highest BCUT2D eigenvalue weighted by atomic mass is 32.2. The molecule has 2 aromatic carbocycles. The molecule has 1 fully saturated rings. The molecule has 7 nitrogen and oxygen atoms in total. The van der Waals surface area contributed by atoms with E-state index < -0.39 is 10.0 Å². The first-order valence-corrected chi connectivity index (χ1v) is 11.4. The molecule has 0 unspecified atom stereocenters. The highest BCUT2D eigenvalue weighted by Crippen LogP contribution is 2.29. The van der Waals surface area contributed by atoms with Crippen LogP contribution in [0.3, 0.4) is 0 Å². The topological polar surface area (TPSA) is 70.2 Å². The zero-order chi connectivity index (χ0) is 20.9. The fourth-order valence-corrected chi connectivity index (χ4v) is 4.29. The normalized spacial score (nSPS) is 15.2. The second-order valence-corrected chi connectivity index (χ2v) is 8.99. The third-order valence-corrected chi connectivity index (χ3v) is 6.13. The van der Waals surface area contributed by atoms with Crippen LogP contribution in [0.15, 0.2) is 54.6 Å². The van der Waals surface area contributed by atoms with E-state index in [1.807, 2.05) is 18.2 Å². The number of rotatable bonds is 7. The molecule has 1 aliphatic rings. The van der Waals surface area contributed by atoms with Crippen LogP contribution in [0, 0.1) is 0 Å². The molecule has 1 saturated heterocycles. The fourth-order valence-electron chi connectivity index (χ4n) is 3.44. The number of amides is 1. The van der Waals surface area contributed by atoms with Crippen LogP contribution in [0.5, 0.6) is 5.75 Å². The molecule has 0 spiro atoms. The van der Waals surface area contributed by atoms with Crippen molar-refractivity contribution in [2.45, 2.75) is 6.54 Å². The third kappa shape index (κ3) is 5.48. The molecule has 2 aromatic rings. The lowest BCUT2D eigenvalue weighted by molar-refractivity contribution is -0.131. The third-order valence-electron chi connectivity index (χ3n) is 5.01. The summed E-state index contributed by atoms with van der Waals surface area (Å²) >= 11 is 0. The Bertz CT molecular complexity index is 926. The van der Waals surface area contributed by atoms with Crippen molar-refractivity contribution in [3.8, 4) is 5.75 Å². The van der Waals surface area contributed by atoms with Crippen LogP contribution in [-0.2, 0) is 21.4 Å². The summed E-state index contributed by atoms with van der Waals surface area (Å²) < 4.78 is 31.1. The second kappa shape index (κ2) is 9.28. The average molecular weight is 418 g/mol. The molecule has 1 amide bonds. The molecule has 156 valence electrons. The van der Waals surface area contributed by atoms with Crippen molar-refractivity contribution in [2.75, 3.05) is 50.4 Å². The highest BCUT2D eigenvalue weighted by molar-refractivity contribution is 7.92. The summed E-state index contributed by atoms with van der Waals surface area (Å²) in [6.45, 7) is 3.28. The van der Waals surface area contributed by atoms with E-state index in [0.29, 0.717) is 24.5 Å². The largest absolute Gasteiger partial charge is 0.495 e. The van der Waals surface area contributed by atoms with E-state index in [1.54, 1.807) is 29.2 Å². The van der Waals surface area contributed by atoms with Gasteiger partial charge in [-0.3, -0.25) is 14.0 Å². The first kappa shape index (κ1) is 21.1. The summed E-state index contributed by atoms with van der Waals surface area (Å²) in [5.41, 5.74) is 1.61. The smallest absolute Gasteiger partial charge is 0.243 e. The van der Waals surface area contributed by atoms with Gasteiger partial charge in [0.25, 0.3) is 0 Å². The minimum Gasteiger partial charge on any atom is -0.495 e. The standard InChI is InChI=1S/C21H27N3O4S/c1-28-20-11-7-6-10-19(20)24(29(2,26)27)17-21(25)23-14-12-22(13-15-23)16-18-8-4-3-5-9-18/h3-11H,12-17H2,1-2H3. The lowest BCUT2D eigenvalue weighted by Gasteiger charge is -2.36. The summed E-state index contributed by atoms with van der Waals surface area (Å²) in [5.74, 6) is 0.207. The quantitative estimate of drug-likeness (QED) is 0.687. The van der Waals surface area contributed by atoms with Gasteiger partial charge in [-0.1, -0.05) is 42.5 Å². The van der Waals surface area contributed by atoms with E-state index >= 15 is 0 Å². The molecule has 1 heterocycles. The molecule has 3 rings (SSSR count). The highest BCUT2D eigenvalue weighted by Gasteiger charge is 2.28. The average Bonchev–Trinajstić information content (AvgIpc) is 2.72. The minimum absolute atomic E-state index is 0.208. The zero-order valence-electron chi connectivity index (χ0n) is 16.8. The van der Waals surface area contributed by atoms with Crippen molar-refractivity contribution >= 4 is 21.6 Å². The molecular weight excluding hydrogens is 390 g/mol. The molecule has 0 aliphatic carbocycles. The van der Waals surface area contributed by atoms with Gasteiger partial charge in [0, 0.05) is 32.7 Å². The van der Waals surface area contributed by atoms with Crippen molar-refractivity contribution in [2.24, 2.45) is 0 Å². The van der Waals surface area contributed by atoms with Crippen LogP contribution in [0.4, 0.5) is 5.69 Å². The Morgan fingerprint density at radius 1 is 1.00 bits per heavy atom. The SMILES string of the molecule is COc1ccccc1N(CC(=O)N1CCN(Cc2ccccc2)CC1)S(C)(=O)=O. The minimum atomic E-state index is -3.64. The molecule has 8 heteroatoms. The van der Waals surface area contributed by atoms with E-state index in [1.165, 1.54) is 12.7 Å². The Balaban J connectivity index is 1.64. The van der Waals surface area contributed by atoms with Gasteiger partial charge in [0.05, 0.1) is 19.1 Å². The van der Waals surface area contributed by atoms with E-state index in [0.717, 1.165) is 30.2 Å². The number of piperazine rings is 1. The van der Waals surface area contributed by atoms with E-state index in [4.69, 9.17) is 4.74 Å². The number of hydrogen-bond acceptors (Lipinski definition) is 5. The Morgan fingerprint density at radius 3 is 2.24 bits per heavy atom. The van der Waals surface area contributed by atoms with E-state index in [2.05, 4.69) is 17.0 Å². The Morgan fingerprint density at radius 2 is 1.62 bits per heavy atom. The molecule has 1 aliphatic heterocycles. The molecule has 0 bridgehead atoms. The predicted molar refractivity (Wildman–Crippen MR) is 113 cm³/mol. The van der Waals surface area contributed by atoms with Gasteiger partial charge in [-0.05, 0) is 17.7 Å². The van der Waals surface area contributed by atoms with Crippen molar-refractivity contribution in [1.82, 2.24) is 9.80 Å². The zero-order valence-corrected chi connectivity index (χ0v) is 17.6. The summed E-state index contributed by atoms with van der Waals surface area (Å²) in [4.78, 5) is 16.9. The van der Waals surface area contributed by atoms with Crippen LogP contribution < -0.4 is 9.04 Å². The van der Waals surface area contributed by atoms with E-state index in [-0.39, 0.29) is 12.5 Å². The molecule has 29 heavy (non-hydrogen) atoms. The second-order valence-electron chi connectivity index (χ2n) is 7.08. The molecule has 0 saturated carbocycles. The van der Waals surface area contributed by atoms with Gasteiger partial charge in [-0.25, -0.2) is 8.42 Å². The fraction of sp³-hybridized carbons (Fsp3) is 0.381. The van der Waals surface area contributed by atoms with Crippen LogP contribution in [0.25, 0.3) is 0 Å². The number of nitrogens with zero attached hydrogens (tertiary/aromatic N) is 3. The molecular formula is C21H27N3O4S. The van der Waals surface area contributed by atoms with Gasteiger partial charge < -0.3 is 9.64 Å². The molecule has 0 aromatic heterocycles. The number of methoxy groups -OCH3 is 1. The van der Waals surface area contributed by atoms with Crippen LogP contribution in [0.1, 0.15) is 5.56 Å². The van der Waals surface area contributed by atoms with Crippen molar-refractivity contribution in [1.29, 1.82) is 0 Å². The van der Waals surface area contributed by atoms with Gasteiger partial charge in [-0.2, -0.15) is 0 Å². The number of carbonyl (C=O) groups is 1. The van der Waals surface area contributed by atoms with Gasteiger partial charge in [-0.15, -0.1) is 0 Å². The van der Waals surface area contributed by atoms with Crippen LogP contribution in [-0.4, -0.2) is 70.2 Å². The molecule has 0 radical (unpaired) electrons. The first-order valence-electron chi connectivity index (χ1n) is 9.53. The maximum Gasteiger partial charge on any atom is 0.243 e. The molecule has 0 atom stereocenters. The summed E-state index contributed by atoms with van der Waals surface area (Å²) in [5, 5.41) is 0. The van der Waals surface area contributed by atoms with Gasteiger partial charge in [0.1, 0.15) is 12.3 Å². The maximum atomic E-state index is 12.9. The number of ether oxygens (including phenoxy) is 1. The van der Waals surface area contributed by atoms with Gasteiger partial charge in [0.15, 0.2) is 0 Å². The molecule has 0 N–H and O–H groups in total. The number of sulfonamides is 1. The van der Waals surface area contributed by atoms with Crippen LogP contribution >= 0.6 is 0 Å². The predicted octanol–water partition coefficient (Wildman–Crippen LogP) is 1.81. The lowest BCUT2D eigenvalue weighted by Crippen LogP contribution is -2.51. The first-order chi connectivity index (χ1) is 13.9. The Kier molecular flexibility index (Phi) is 6.76. The van der Waals surface area contributed by atoms with Crippen LogP contribution in [0.2, 0.25) is 0 Å². The van der Waals surface area contributed by atoms with Crippen molar-refractivity contribution in [3.63, 3.8) is 0 Å². The van der Waals surface area contributed by atoms with Gasteiger partial charge in [0.2, 0.25) is 15.9 Å². The maximum absolute atomic E-state index is 12.9. The number of hydrogen-bond donors (Lipinski definition) is 0. The lowest BCUT2D eigenvalue weighted by atomic mass is 10.2. The summed E-state index contributed by atoms with van der Waals surface area (Å²) in [7, 11) is -2.16. The number of anilines is 1.